The molecule has 0 saturated heterocycles. The van der Waals surface area contributed by atoms with E-state index in [9.17, 15) is 4.79 Å². The van der Waals surface area contributed by atoms with E-state index in [-0.39, 0.29) is 18.5 Å². The highest BCUT2D eigenvalue weighted by Crippen LogP contribution is 2.25. The number of carbonyl (C=O) groups is 1. The number of anilines is 1. The van der Waals surface area contributed by atoms with Gasteiger partial charge < -0.3 is 14.8 Å². The lowest BCUT2D eigenvalue weighted by molar-refractivity contribution is -0.146. The maximum Gasteiger partial charge on any atom is 0.308 e. The summed E-state index contributed by atoms with van der Waals surface area (Å²) >= 11 is 12.0. The molecule has 0 bridgehead atoms. The van der Waals surface area contributed by atoms with Gasteiger partial charge in [-0.25, -0.2) is 0 Å². The fourth-order valence-corrected chi connectivity index (χ4v) is 2.84. The molecule has 0 amide bonds. The zero-order valence-corrected chi connectivity index (χ0v) is 16.4. The summed E-state index contributed by atoms with van der Waals surface area (Å²) in [6.45, 7) is 5.23. The van der Waals surface area contributed by atoms with E-state index in [1.165, 1.54) is 0 Å². The van der Waals surface area contributed by atoms with Crippen molar-refractivity contribution in [1.82, 2.24) is 0 Å². The van der Waals surface area contributed by atoms with Crippen LogP contribution in [0.25, 0.3) is 0 Å². The van der Waals surface area contributed by atoms with Gasteiger partial charge in [-0.15, -0.1) is 0 Å². The van der Waals surface area contributed by atoms with Crippen molar-refractivity contribution in [2.45, 2.75) is 32.9 Å². The van der Waals surface area contributed by atoms with Crippen molar-refractivity contribution in [2.75, 3.05) is 18.5 Å². The number of halogens is 2. The Kier molecular flexibility index (Phi) is 8.23. The lowest BCUT2D eigenvalue weighted by Crippen LogP contribution is -2.13. The molecule has 26 heavy (non-hydrogen) atoms. The lowest BCUT2D eigenvalue weighted by atomic mass is 10.1. The quantitative estimate of drug-likeness (QED) is 0.558. The van der Waals surface area contributed by atoms with Gasteiger partial charge in [0.1, 0.15) is 0 Å². The Morgan fingerprint density at radius 2 is 1.77 bits per heavy atom. The largest absolute Gasteiger partial charge is 0.466 e. The Bertz CT molecular complexity index is 719. The predicted molar refractivity (Wildman–Crippen MR) is 106 cm³/mol. The number of benzene rings is 2. The topological polar surface area (TPSA) is 47.6 Å². The number of ether oxygens (including phenoxy) is 2. The molecule has 6 heteroatoms. The van der Waals surface area contributed by atoms with Crippen LogP contribution in [0.15, 0.2) is 42.5 Å². The van der Waals surface area contributed by atoms with Crippen LogP contribution in [0.1, 0.15) is 37.5 Å². The van der Waals surface area contributed by atoms with Gasteiger partial charge in [0.05, 0.1) is 29.2 Å². The Morgan fingerprint density at radius 3 is 2.38 bits per heavy atom. The van der Waals surface area contributed by atoms with Crippen molar-refractivity contribution < 1.29 is 14.3 Å². The Balaban J connectivity index is 1.98. The van der Waals surface area contributed by atoms with Crippen molar-refractivity contribution in [3.05, 3.63) is 63.6 Å². The number of rotatable bonds is 9. The predicted octanol–water partition coefficient (Wildman–Crippen LogP) is 5.64. The standard InChI is InChI=1S/C20H23Cl2NO3/c1-3-25-19(12-20(24)26-4-2)15-6-8-16(9-7-15)23-13-14-5-10-17(21)18(22)11-14/h5-11,19,23H,3-4,12-13H2,1-2H3/t19-/m1/s1. The molecule has 0 spiro atoms. The van der Waals surface area contributed by atoms with E-state index in [4.69, 9.17) is 32.7 Å². The number of hydrogen-bond donors (Lipinski definition) is 1. The van der Waals surface area contributed by atoms with Crippen molar-refractivity contribution in [2.24, 2.45) is 0 Å². The fourth-order valence-electron chi connectivity index (χ4n) is 2.51. The molecular formula is C20H23Cl2NO3. The summed E-state index contributed by atoms with van der Waals surface area (Å²) in [7, 11) is 0. The zero-order valence-electron chi connectivity index (χ0n) is 14.9. The molecule has 0 heterocycles. The van der Waals surface area contributed by atoms with Crippen LogP contribution in [-0.2, 0) is 20.8 Å². The van der Waals surface area contributed by atoms with Crippen molar-refractivity contribution in [1.29, 1.82) is 0 Å². The molecule has 2 aromatic carbocycles. The molecule has 2 aromatic rings. The van der Waals surface area contributed by atoms with Crippen LogP contribution < -0.4 is 5.32 Å². The van der Waals surface area contributed by atoms with Crippen molar-refractivity contribution in [3.8, 4) is 0 Å². The normalized spacial score (nSPS) is 11.8. The molecule has 1 N–H and O–H groups in total. The minimum Gasteiger partial charge on any atom is -0.466 e. The molecule has 0 radical (unpaired) electrons. The van der Waals surface area contributed by atoms with Gasteiger partial charge in [-0.2, -0.15) is 0 Å². The summed E-state index contributed by atoms with van der Waals surface area (Å²) < 4.78 is 10.7. The van der Waals surface area contributed by atoms with E-state index in [0.29, 0.717) is 29.8 Å². The highest BCUT2D eigenvalue weighted by atomic mass is 35.5. The third kappa shape index (κ3) is 6.20. The molecule has 0 fully saturated rings. The van der Waals surface area contributed by atoms with E-state index in [2.05, 4.69) is 5.32 Å². The average Bonchev–Trinajstić information content (AvgIpc) is 2.63. The van der Waals surface area contributed by atoms with Gasteiger partial charge in [-0.1, -0.05) is 41.4 Å². The second-order valence-corrected chi connectivity index (χ2v) is 6.49. The van der Waals surface area contributed by atoms with Gasteiger partial charge in [0.25, 0.3) is 0 Å². The molecule has 0 unspecified atom stereocenters. The monoisotopic (exact) mass is 395 g/mol. The molecular weight excluding hydrogens is 373 g/mol. The van der Waals surface area contributed by atoms with Crippen LogP contribution in [0, 0.1) is 0 Å². The number of carbonyl (C=O) groups excluding carboxylic acids is 1. The smallest absolute Gasteiger partial charge is 0.308 e. The van der Waals surface area contributed by atoms with Gasteiger partial charge in [0.15, 0.2) is 0 Å². The van der Waals surface area contributed by atoms with Crippen LogP contribution in [0.3, 0.4) is 0 Å². The lowest BCUT2D eigenvalue weighted by Gasteiger charge is -2.17. The average molecular weight is 396 g/mol. The maximum atomic E-state index is 11.7. The first-order valence-electron chi connectivity index (χ1n) is 8.58. The Morgan fingerprint density at radius 1 is 1.04 bits per heavy atom. The highest BCUT2D eigenvalue weighted by Gasteiger charge is 2.17. The molecule has 0 aliphatic carbocycles. The molecule has 0 aliphatic heterocycles. The summed E-state index contributed by atoms with van der Waals surface area (Å²) in [5.74, 6) is -0.257. The number of hydrogen-bond acceptors (Lipinski definition) is 4. The molecule has 140 valence electrons. The zero-order chi connectivity index (χ0) is 18.9. The van der Waals surface area contributed by atoms with Gasteiger partial charge >= 0.3 is 5.97 Å². The first-order chi connectivity index (χ1) is 12.5. The van der Waals surface area contributed by atoms with E-state index >= 15 is 0 Å². The van der Waals surface area contributed by atoms with E-state index in [0.717, 1.165) is 16.8 Å². The summed E-state index contributed by atoms with van der Waals surface area (Å²) in [5.41, 5.74) is 2.95. The van der Waals surface area contributed by atoms with Crippen LogP contribution in [0.4, 0.5) is 5.69 Å². The summed E-state index contributed by atoms with van der Waals surface area (Å²) in [4.78, 5) is 11.7. The third-order valence-corrected chi connectivity index (χ3v) is 4.53. The van der Waals surface area contributed by atoms with E-state index < -0.39 is 0 Å². The van der Waals surface area contributed by atoms with Gasteiger partial charge in [0, 0.05) is 18.8 Å². The minimum atomic E-state index is -0.303. The van der Waals surface area contributed by atoms with Gasteiger partial charge in [-0.05, 0) is 49.2 Å². The first kappa shape index (κ1) is 20.6. The van der Waals surface area contributed by atoms with Gasteiger partial charge in [0.2, 0.25) is 0 Å². The molecule has 0 saturated carbocycles. The molecule has 0 aromatic heterocycles. The molecule has 4 nitrogen and oxygen atoms in total. The first-order valence-corrected chi connectivity index (χ1v) is 9.34. The van der Waals surface area contributed by atoms with E-state index in [1.54, 1.807) is 13.0 Å². The summed E-state index contributed by atoms with van der Waals surface area (Å²) in [6.07, 6.45) is -0.0965. The molecule has 0 aliphatic rings. The SMILES string of the molecule is CCOC(=O)C[C@@H](OCC)c1ccc(NCc2ccc(Cl)c(Cl)c2)cc1. The van der Waals surface area contributed by atoms with Crippen molar-refractivity contribution >= 4 is 34.9 Å². The van der Waals surface area contributed by atoms with E-state index in [1.807, 2.05) is 43.3 Å². The fraction of sp³-hybridized carbons (Fsp3) is 0.350. The van der Waals surface area contributed by atoms with Gasteiger partial charge in [-0.3, -0.25) is 4.79 Å². The van der Waals surface area contributed by atoms with Crippen LogP contribution in [0.2, 0.25) is 10.0 Å². The van der Waals surface area contributed by atoms with Crippen LogP contribution in [0.5, 0.6) is 0 Å². The summed E-state index contributed by atoms with van der Waals surface area (Å²) in [6, 6.07) is 13.4. The maximum absolute atomic E-state index is 11.7. The summed E-state index contributed by atoms with van der Waals surface area (Å²) in [5, 5.41) is 4.42. The highest BCUT2D eigenvalue weighted by molar-refractivity contribution is 6.42. The van der Waals surface area contributed by atoms with Crippen LogP contribution in [-0.4, -0.2) is 19.2 Å². The second-order valence-electron chi connectivity index (χ2n) is 5.68. The second kappa shape index (κ2) is 10.4. The number of esters is 1. The number of nitrogens with one attached hydrogen (secondary N) is 1. The Labute approximate surface area is 164 Å². The Hall–Kier alpha value is -1.75. The molecule has 2 rings (SSSR count). The van der Waals surface area contributed by atoms with Crippen LogP contribution >= 0.6 is 23.2 Å². The third-order valence-electron chi connectivity index (χ3n) is 3.79. The van der Waals surface area contributed by atoms with Crippen molar-refractivity contribution in [3.63, 3.8) is 0 Å². The minimum absolute atomic E-state index is 0.206. The molecule has 1 atom stereocenters.